The molecule has 0 saturated heterocycles. The second-order valence-corrected chi connectivity index (χ2v) is 14.3. The highest BCUT2D eigenvalue weighted by Gasteiger charge is 2.26. The van der Waals surface area contributed by atoms with Gasteiger partial charge in [-0.2, -0.15) is 13.5 Å². The summed E-state index contributed by atoms with van der Waals surface area (Å²) in [6.07, 6.45) is 1.68. The molecule has 1 saturated carbocycles. The zero-order valence-electron chi connectivity index (χ0n) is 22.6. The SMILES string of the molecule is C=C(Cl)/C(C[C@H](OC(=O)CNS(=O)(=O)c1ccc(S(C)(=O)=O)cc1)c1ccc(OC(F)F)c(OCC2CC2)c1)=C(\C)Cl. The molecule has 15 heteroatoms. The minimum atomic E-state index is -4.22. The van der Waals surface area contributed by atoms with Gasteiger partial charge in [0.25, 0.3) is 0 Å². The van der Waals surface area contributed by atoms with E-state index >= 15 is 0 Å². The van der Waals surface area contributed by atoms with E-state index in [0.29, 0.717) is 17.1 Å². The number of carbonyl (C=O) groups excluding carboxylic acids is 1. The highest BCUT2D eigenvalue weighted by Crippen LogP contribution is 2.38. The maximum Gasteiger partial charge on any atom is 0.387 e. The zero-order chi connectivity index (χ0) is 31.2. The van der Waals surface area contributed by atoms with Crippen molar-refractivity contribution in [2.24, 2.45) is 5.92 Å². The third-order valence-corrected chi connectivity index (χ3v) is 9.10. The number of hydrogen-bond acceptors (Lipinski definition) is 8. The van der Waals surface area contributed by atoms with Gasteiger partial charge in [0.15, 0.2) is 21.3 Å². The quantitative estimate of drug-likeness (QED) is 0.189. The van der Waals surface area contributed by atoms with Crippen LogP contribution < -0.4 is 14.2 Å². The molecule has 2 aromatic rings. The van der Waals surface area contributed by atoms with Crippen LogP contribution in [-0.2, 0) is 29.4 Å². The van der Waals surface area contributed by atoms with E-state index in [9.17, 15) is 30.4 Å². The van der Waals surface area contributed by atoms with E-state index in [4.69, 9.17) is 32.7 Å². The number of benzene rings is 2. The standard InChI is InChI=1S/C27H29Cl2F2NO8S2/c1-16(28)22(17(2)29)13-24(19-6-11-23(40-27(30)31)25(12-19)38-15-18-4-5-18)39-26(33)14-32-42(36,37)21-9-7-20(8-10-21)41(3,34)35/h6-12,18,24,27,32H,1,4-5,13-15H2,2-3H3/b22-17+/t24-/m0/s1. The molecule has 0 radical (unpaired) electrons. The van der Waals surface area contributed by atoms with Crippen molar-refractivity contribution in [3.8, 4) is 11.5 Å². The van der Waals surface area contributed by atoms with E-state index in [1.54, 1.807) is 6.92 Å². The Balaban J connectivity index is 1.84. The average Bonchev–Trinajstić information content (AvgIpc) is 3.73. The molecule has 0 bridgehead atoms. The molecule has 0 amide bonds. The van der Waals surface area contributed by atoms with Crippen LogP contribution >= 0.6 is 23.2 Å². The molecule has 0 spiro atoms. The van der Waals surface area contributed by atoms with Crippen LogP contribution in [0.25, 0.3) is 0 Å². The van der Waals surface area contributed by atoms with Crippen LogP contribution in [0, 0.1) is 5.92 Å². The van der Waals surface area contributed by atoms with Gasteiger partial charge in [-0.3, -0.25) is 4.79 Å². The number of hydrogen-bond donors (Lipinski definition) is 1. The number of esters is 1. The van der Waals surface area contributed by atoms with Crippen molar-refractivity contribution in [1.82, 2.24) is 4.72 Å². The van der Waals surface area contributed by atoms with E-state index in [1.165, 1.54) is 18.2 Å². The number of carbonyl (C=O) groups is 1. The van der Waals surface area contributed by atoms with Crippen LogP contribution in [0.3, 0.4) is 0 Å². The number of halogens is 4. The molecule has 1 N–H and O–H groups in total. The van der Waals surface area contributed by atoms with Gasteiger partial charge in [-0.25, -0.2) is 16.8 Å². The Morgan fingerprint density at radius 3 is 2.19 bits per heavy atom. The fraction of sp³-hybridized carbons (Fsp3) is 0.370. The molecule has 1 atom stereocenters. The number of nitrogens with one attached hydrogen (secondary N) is 1. The van der Waals surface area contributed by atoms with Gasteiger partial charge in [-0.15, -0.1) is 0 Å². The largest absolute Gasteiger partial charge is 0.489 e. The van der Waals surface area contributed by atoms with Crippen molar-refractivity contribution in [2.45, 2.75) is 48.7 Å². The lowest BCUT2D eigenvalue weighted by Crippen LogP contribution is -2.31. The topological polar surface area (TPSA) is 125 Å². The number of ether oxygens (including phenoxy) is 3. The van der Waals surface area contributed by atoms with Crippen LogP contribution in [0.2, 0.25) is 0 Å². The first-order valence-electron chi connectivity index (χ1n) is 12.5. The lowest BCUT2D eigenvalue weighted by Gasteiger charge is -2.22. The Labute approximate surface area is 253 Å². The second kappa shape index (κ2) is 14.2. The summed E-state index contributed by atoms with van der Waals surface area (Å²) in [6.45, 7) is 1.62. The highest BCUT2D eigenvalue weighted by molar-refractivity contribution is 7.90. The zero-order valence-corrected chi connectivity index (χ0v) is 25.8. The van der Waals surface area contributed by atoms with Crippen LogP contribution in [0.4, 0.5) is 8.78 Å². The van der Waals surface area contributed by atoms with Crippen molar-refractivity contribution in [2.75, 3.05) is 19.4 Å². The van der Waals surface area contributed by atoms with Gasteiger partial charge in [-0.1, -0.05) is 35.8 Å². The maximum absolute atomic E-state index is 13.0. The second-order valence-electron chi connectivity index (χ2n) is 9.51. The van der Waals surface area contributed by atoms with Crippen molar-refractivity contribution in [3.05, 3.63) is 70.2 Å². The summed E-state index contributed by atoms with van der Waals surface area (Å²) >= 11 is 12.3. The number of sulfone groups is 1. The van der Waals surface area contributed by atoms with Gasteiger partial charge in [-0.05, 0) is 73.2 Å². The van der Waals surface area contributed by atoms with Crippen molar-refractivity contribution >= 4 is 49.0 Å². The first-order chi connectivity index (χ1) is 19.6. The fourth-order valence-electron chi connectivity index (χ4n) is 3.68. The normalized spacial score (nSPS) is 15.1. The predicted octanol–water partition coefficient (Wildman–Crippen LogP) is 5.70. The first kappa shape index (κ1) is 33.8. The van der Waals surface area contributed by atoms with Crippen molar-refractivity contribution in [3.63, 3.8) is 0 Å². The molecule has 42 heavy (non-hydrogen) atoms. The molecule has 0 aromatic heterocycles. The summed E-state index contributed by atoms with van der Waals surface area (Å²) < 4.78 is 92.7. The fourth-order valence-corrected chi connectivity index (χ4v) is 5.74. The van der Waals surface area contributed by atoms with Crippen LogP contribution in [0.15, 0.2) is 74.5 Å². The number of alkyl halides is 2. The van der Waals surface area contributed by atoms with E-state index < -0.39 is 45.1 Å². The monoisotopic (exact) mass is 667 g/mol. The Morgan fingerprint density at radius 1 is 1.05 bits per heavy atom. The highest BCUT2D eigenvalue weighted by atomic mass is 35.5. The van der Waals surface area contributed by atoms with Gasteiger partial charge in [0.1, 0.15) is 12.6 Å². The molecule has 2 aromatic carbocycles. The number of allylic oxidation sites excluding steroid dienone is 2. The smallest absolute Gasteiger partial charge is 0.387 e. The van der Waals surface area contributed by atoms with Gasteiger partial charge in [0.2, 0.25) is 10.0 Å². The molecule has 230 valence electrons. The van der Waals surface area contributed by atoms with Crippen molar-refractivity contribution in [1.29, 1.82) is 0 Å². The van der Waals surface area contributed by atoms with E-state index in [-0.39, 0.29) is 44.4 Å². The summed E-state index contributed by atoms with van der Waals surface area (Å²) in [5, 5.41) is 0.335. The summed E-state index contributed by atoms with van der Waals surface area (Å²) in [5.41, 5.74) is 0.652. The minimum Gasteiger partial charge on any atom is -0.489 e. The Morgan fingerprint density at radius 2 is 1.67 bits per heavy atom. The van der Waals surface area contributed by atoms with Crippen LogP contribution in [0.1, 0.15) is 37.9 Å². The van der Waals surface area contributed by atoms with E-state index in [1.807, 2.05) is 0 Å². The van der Waals surface area contributed by atoms with E-state index in [0.717, 1.165) is 43.4 Å². The number of sulfonamides is 1. The molecule has 9 nitrogen and oxygen atoms in total. The molecular formula is C27H29Cl2F2NO8S2. The molecule has 1 aliphatic rings. The first-order valence-corrected chi connectivity index (χ1v) is 16.6. The Hall–Kier alpha value is -2.71. The molecule has 3 rings (SSSR count). The van der Waals surface area contributed by atoms with Gasteiger partial charge in [0.05, 0.1) is 16.4 Å². The summed E-state index contributed by atoms with van der Waals surface area (Å²) in [4.78, 5) is 12.5. The lowest BCUT2D eigenvalue weighted by atomic mass is 10.00. The number of rotatable bonds is 15. The lowest BCUT2D eigenvalue weighted by molar-refractivity contribution is -0.147. The summed E-state index contributed by atoms with van der Waals surface area (Å²) in [6, 6.07) is 8.47. The van der Waals surface area contributed by atoms with Gasteiger partial charge < -0.3 is 14.2 Å². The third kappa shape index (κ3) is 9.94. The predicted molar refractivity (Wildman–Crippen MR) is 153 cm³/mol. The van der Waals surface area contributed by atoms with Gasteiger partial charge in [0, 0.05) is 22.7 Å². The van der Waals surface area contributed by atoms with Crippen LogP contribution in [0.5, 0.6) is 11.5 Å². The summed E-state index contributed by atoms with van der Waals surface area (Å²) in [5.74, 6) is -0.890. The molecule has 0 unspecified atom stereocenters. The van der Waals surface area contributed by atoms with E-state index in [2.05, 4.69) is 16.0 Å². The molecule has 1 fully saturated rings. The molecule has 1 aliphatic carbocycles. The average molecular weight is 669 g/mol. The van der Waals surface area contributed by atoms with Crippen LogP contribution in [-0.4, -0.2) is 48.8 Å². The third-order valence-electron chi connectivity index (χ3n) is 6.10. The molecular weight excluding hydrogens is 639 g/mol. The van der Waals surface area contributed by atoms with Gasteiger partial charge >= 0.3 is 12.6 Å². The molecule has 0 heterocycles. The Kier molecular flexibility index (Phi) is 11.4. The molecule has 0 aliphatic heterocycles. The van der Waals surface area contributed by atoms with Crippen molar-refractivity contribution < 1.29 is 44.6 Å². The maximum atomic E-state index is 13.0. The summed E-state index contributed by atoms with van der Waals surface area (Å²) in [7, 11) is -7.76. The Bertz CT molecular complexity index is 1550. The minimum absolute atomic E-state index is 0.0109.